The fraction of sp³-hybridized carbons (Fsp3) is 0.462. The summed E-state index contributed by atoms with van der Waals surface area (Å²) < 4.78 is 47.1. The van der Waals surface area contributed by atoms with E-state index in [4.69, 9.17) is 33.0 Å². The number of nitrogens with zero attached hydrogens (tertiary/aromatic N) is 4. The third kappa shape index (κ3) is 6.95. The highest BCUT2D eigenvalue weighted by Gasteiger charge is 2.55. The van der Waals surface area contributed by atoms with Crippen molar-refractivity contribution >= 4 is 29.5 Å². The Balaban J connectivity index is 1.30. The molecule has 274 valence electrons. The second-order valence-corrected chi connectivity index (χ2v) is 13.2. The van der Waals surface area contributed by atoms with E-state index in [1.165, 1.54) is 0 Å². The summed E-state index contributed by atoms with van der Waals surface area (Å²) in [6.45, 7) is 12.6. The van der Waals surface area contributed by atoms with Crippen LogP contribution in [-0.2, 0) is 23.5 Å². The minimum Gasteiger partial charge on any atom is -0.495 e. The summed E-state index contributed by atoms with van der Waals surface area (Å²) >= 11 is 0. The van der Waals surface area contributed by atoms with Gasteiger partial charge in [0.05, 0.1) is 70.8 Å². The smallest absolute Gasteiger partial charge is 0.495 e. The summed E-state index contributed by atoms with van der Waals surface area (Å²) in [5.74, 6) is 1.62. The Morgan fingerprint density at radius 3 is 1.82 bits per heavy atom. The molecule has 6 rings (SSSR count). The van der Waals surface area contributed by atoms with Crippen LogP contribution in [0, 0.1) is 13.8 Å². The van der Waals surface area contributed by atoms with Crippen molar-refractivity contribution in [3.8, 4) is 11.5 Å². The molecular formula is C39H53BN4O7. The third-order valence-electron chi connectivity index (χ3n) is 10.2. The molecule has 3 aromatic rings. The second kappa shape index (κ2) is 16.1. The fourth-order valence-corrected chi connectivity index (χ4v) is 7.94. The van der Waals surface area contributed by atoms with Gasteiger partial charge in [-0.1, -0.05) is 18.2 Å². The lowest BCUT2D eigenvalue weighted by molar-refractivity contribution is -0.382. The number of aromatic nitrogens is 1. The molecule has 0 bridgehead atoms. The lowest BCUT2D eigenvalue weighted by atomic mass is 9.78. The average molecular weight is 701 g/mol. The zero-order valence-corrected chi connectivity index (χ0v) is 31.5. The molecule has 0 spiro atoms. The summed E-state index contributed by atoms with van der Waals surface area (Å²) in [6.07, 6.45) is 2.20. The van der Waals surface area contributed by atoms with Crippen LogP contribution in [0.5, 0.6) is 11.5 Å². The van der Waals surface area contributed by atoms with Crippen LogP contribution in [0.25, 0.3) is 5.57 Å². The van der Waals surface area contributed by atoms with E-state index in [0.717, 1.165) is 74.5 Å². The van der Waals surface area contributed by atoms with E-state index in [0.29, 0.717) is 59.3 Å². The van der Waals surface area contributed by atoms with Gasteiger partial charge in [-0.3, -0.25) is 0 Å². The van der Waals surface area contributed by atoms with E-state index in [9.17, 15) is 0 Å². The summed E-state index contributed by atoms with van der Waals surface area (Å²) in [5, 5.41) is 0. The average Bonchev–Trinajstić information content (AvgIpc) is 3.62. The van der Waals surface area contributed by atoms with E-state index in [1.54, 1.807) is 28.4 Å². The first kappa shape index (κ1) is 36.7. The molecule has 0 radical (unpaired) electrons. The zero-order valence-electron chi connectivity index (χ0n) is 31.5. The van der Waals surface area contributed by atoms with Crippen molar-refractivity contribution in [3.05, 3.63) is 88.4 Å². The summed E-state index contributed by atoms with van der Waals surface area (Å²) in [6, 6.07) is 16.8. The van der Waals surface area contributed by atoms with Gasteiger partial charge in [-0.25, -0.2) is 0 Å². The molecule has 3 aliphatic heterocycles. The number of ether oxygens (including phenoxy) is 5. The fourth-order valence-electron chi connectivity index (χ4n) is 7.94. The Morgan fingerprint density at radius 2 is 1.24 bits per heavy atom. The van der Waals surface area contributed by atoms with Gasteiger partial charge >= 0.3 is 6.82 Å². The predicted octanol–water partition coefficient (Wildman–Crippen LogP) is 5.28. The van der Waals surface area contributed by atoms with Crippen LogP contribution >= 0.6 is 0 Å². The lowest BCUT2D eigenvalue weighted by Crippen LogP contribution is -2.61. The molecule has 0 N–H and O–H groups in total. The molecule has 1 fully saturated rings. The second-order valence-electron chi connectivity index (χ2n) is 13.2. The topological polar surface area (TPSA) is 79.0 Å². The van der Waals surface area contributed by atoms with Gasteiger partial charge < -0.3 is 51.8 Å². The first-order chi connectivity index (χ1) is 24.8. The van der Waals surface area contributed by atoms with Crippen molar-refractivity contribution in [1.82, 2.24) is 4.48 Å². The van der Waals surface area contributed by atoms with Gasteiger partial charge in [0, 0.05) is 50.4 Å². The molecule has 0 amide bonds. The van der Waals surface area contributed by atoms with E-state index >= 15 is 0 Å². The maximum atomic E-state index is 6.30. The third-order valence-corrected chi connectivity index (χ3v) is 10.2. The Kier molecular flexibility index (Phi) is 11.6. The van der Waals surface area contributed by atoms with Crippen LogP contribution in [0.2, 0.25) is 0 Å². The Morgan fingerprint density at radius 1 is 0.667 bits per heavy atom. The van der Waals surface area contributed by atoms with Crippen LogP contribution in [-0.4, -0.2) is 116 Å². The largest absolute Gasteiger partial charge is 0.665 e. The van der Waals surface area contributed by atoms with Crippen molar-refractivity contribution in [2.75, 3.05) is 104 Å². The number of hydrogen-bond donors (Lipinski definition) is 0. The van der Waals surface area contributed by atoms with Crippen molar-refractivity contribution < 1.29 is 37.5 Å². The Labute approximate surface area is 302 Å². The van der Waals surface area contributed by atoms with E-state index in [1.807, 2.05) is 18.2 Å². The molecule has 2 aromatic carbocycles. The number of allylic oxidation sites excluding steroid dienone is 2. The van der Waals surface area contributed by atoms with Gasteiger partial charge in [0.15, 0.2) is 5.70 Å². The van der Waals surface area contributed by atoms with Gasteiger partial charge in [-0.05, 0) is 82.1 Å². The number of aryl methyl sites for hydroxylation is 2. The standard InChI is InChI=1S/C39H53BN4O7/c1-28-25-30(3)43-38(28)37(39-29(2)26-31(4)44(39)40(43,47-7)48-8)32-13-14-34(36(27-32)46-6)42-16-20-49-19-15-41(17-21-50-23-24-51-22-18-42)33-11-9-10-12-35(33)45-5/h9-14,25-27H,15-24H2,1-8H3. The molecule has 0 unspecified atom stereocenters. The van der Waals surface area contributed by atoms with Crippen molar-refractivity contribution in [2.24, 2.45) is 0 Å². The maximum absolute atomic E-state index is 6.30. The lowest BCUT2D eigenvalue weighted by Gasteiger charge is -2.42. The molecule has 0 atom stereocenters. The molecule has 0 aliphatic carbocycles. The van der Waals surface area contributed by atoms with Crippen LogP contribution in [0.1, 0.15) is 36.4 Å². The highest BCUT2D eigenvalue weighted by atomic mass is 16.6. The first-order valence-electron chi connectivity index (χ1n) is 17.8. The molecule has 3 aliphatic rings. The Hall–Kier alpha value is -4.07. The number of anilines is 2. The van der Waals surface area contributed by atoms with Crippen molar-refractivity contribution in [3.63, 3.8) is 0 Å². The van der Waals surface area contributed by atoms with Crippen LogP contribution < -0.4 is 19.3 Å². The SMILES string of the molecule is COc1ccccc1N1CCOCCOCCN(c2ccc(C3=C4C(C)=CC(C)=[N+]4[B-](OC)(OC)n4c(C)cc(C)c43)cc2OC)CCOCC1. The van der Waals surface area contributed by atoms with Gasteiger partial charge in [0.25, 0.3) is 0 Å². The molecule has 1 aromatic heterocycles. The van der Waals surface area contributed by atoms with Gasteiger partial charge in [0.1, 0.15) is 17.2 Å². The van der Waals surface area contributed by atoms with Crippen LogP contribution in [0.15, 0.2) is 65.9 Å². The predicted molar refractivity (Wildman–Crippen MR) is 203 cm³/mol. The highest BCUT2D eigenvalue weighted by molar-refractivity contribution is 6.59. The van der Waals surface area contributed by atoms with Crippen LogP contribution in [0.4, 0.5) is 11.4 Å². The molecular weight excluding hydrogens is 647 g/mol. The minimum atomic E-state index is -2.03. The molecule has 12 heteroatoms. The van der Waals surface area contributed by atoms with Gasteiger partial charge in [-0.2, -0.15) is 0 Å². The van der Waals surface area contributed by atoms with Crippen molar-refractivity contribution in [1.29, 1.82) is 0 Å². The monoisotopic (exact) mass is 700 g/mol. The highest BCUT2D eigenvalue weighted by Crippen LogP contribution is 2.45. The number of hydrogen-bond acceptors (Lipinski definition) is 9. The number of fused-ring (bicyclic) bond motifs is 2. The van der Waals surface area contributed by atoms with Gasteiger partial charge in [0.2, 0.25) is 0 Å². The summed E-state index contributed by atoms with van der Waals surface area (Å²) in [4.78, 5) is 4.54. The van der Waals surface area contributed by atoms with Gasteiger partial charge in [-0.15, -0.1) is 0 Å². The number of benzene rings is 2. The van der Waals surface area contributed by atoms with E-state index in [-0.39, 0.29) is 0 Å². The van der Waals surface area contributed by atoms with Crippen LogP contribution in [0.3, 0.4) is 0 Å². The van der Waals surface area contributed by atoms with Crippen molar-refractivity contribution in [2.45, 2.75) is 27.7 Å². The molecule has 11 nitrogen and oxygen atoms in total. The molecule has 0 saturated carbocycles. The Bertz CT molecular complexity index is 1810. The van der Waals surface area contributed by atoms with E-state index < -0.39 is 6.82 Å². The number of para-hydroxylation sites is 2. The zero-order chi connectivity index (χ0) is 36.1. The van der Waals surface area contributed by atoms with E-state index in [2.05, 4.69) is 82.9 Å². The number of rotatable bonds is 7. The molecule has 1 saturated heterocycles. The minimum absolute atomic E-state index is 0.524. The quantitative estimate of drug-likeness (QED) is 0.306. The normalized spacial score (nSPS) is 18.9. The molecule has 51 heavy (non-hydrogen) atoms. The summed E-state index contributed by atoms with van der Waals surface area (Å²) in [7, 11) is 6.89. The summed E-state index contributed by atoms with van der Waals surface area (Å²) in [5.41, 5.74) is 10.8. The number of methoxy groups -OCH3 is 2. The first-order valence-corrected chi connectivity index (χ1v) is 17.8. The molecule has 4 heterocycles. The maximum Gasteiger partial charge on any atom is 0.665 e.